The lowest BCUT2D eigenvalue weighted by Gasteiger charge is -2.24. The monoisotopic (exact) mass is 452 g/mol. The zero-order valence-corrected chi connectivity index (χ0v) is 19.1. The van der Waals surface area contributed by atoms with Gasteiger partial charge in [-0.25, -0.2) is 0 Å². The van der Waals surface area contributed by atoms with Crippen LogP contribution in [0, 0.1) is 5.41 Å². The molecule has 0 aromatic heterocycles. The predicted molar refractivity (Wildman–Crippen MR) is 112 cm³/mol. The fraction of sp³-hybridized carbons (Fsp3) is 0.905. The first-order valence-corrected chi connectivity index (χ1v) is 10.8. The Labute approximate surface area is 185 Å². The lowest BCUT2D eigenvalue weighted by atomic mass is 9.81. The number of carboxylic acids is 2. The summed E-state index contributed by atoms with van der Waals surface area (Å²) in [5.74, 6) is -2.81. The Balaban J connectivity index is 4.08. The van der Waals surface area contributed by atoms with Crippen molar-refractivity contribution in [1.29, 1.82) is 0 Å². The Morgan fingerprint density at radius 3 is 1.45 bits per heavy atom. The third-order valence-corrected chi connectivity index (χ3v) is 4.83. The minimum atomic E-state index is -1.96. The SMILES string of the molecule is CCC(CC)OCCOCCOCCC(CCOCCOCCOC)(C(=O)O)C(=O)O. The van der Waals surface area contributed by atoms with Crippen molar-refractivity contribution in [2.45, 2.75) is 45.6 Å². The van der Waals surface area contributed by atoms with Crippen molar-refractivity contribution in [3.05, 3.63) is 0 Å². The van der Waals surface area contributed by atoms with Crippen LogP contribution in [0.15, 0.2) is 0 Å². The van der Waals surface area contributed by atoms with E-state index in [0.717, 1.165) is 12.8 Å². The second-order valence-electron chi connectivity index (χ2n) is 6.94. The zero-order chi connectivity index (χ0) is 23.4. The summed E-state index contributed by atoms with van der Waals surface area (Å²) in [6.45, 7) is 7.11. The van der Waals surface area contributed by atoms with Gasteiger partial charge in [0.1, 0.15) is 0 Å². The standard InChI is InChI=1S/C21H40O10/c1-4-18(5-2)31-17-16-30-15-13-28-9-7-21(19(22)23,20(24)25)6-8-27-12-14-29-11-10-26-3/h18H,4-17H2,1-3H3,(H,22,23)(H,24,25). The summed E-state index contributed by atoms with van der Waals surface area (Å²) in [5, 5.41) is 19.0. The second-order valence-corrected chi connectivity index (χ2v) is 6.94. The maximum Gasteiger partial charge on any atom is 0.321 e. The summed E-state index contributed by atoms with van der Waals surface area (Å²) in [5.41, 5.74) is -1.96. The molecule has 0 aromatic carbocycles. The minimum absolute atomic E-state index is 0.00761. The lowest BCUT2D eigenvalue weighted by Crippen LogP contribution is -2.41. The van der Waals surface area contributed by atoms with Gasteiger partial charge in [0.2, 0.25) is 0 Å². The van der Waals surface area contributed by atoms with Crippen molar-refractivity contribution in [1.82, 2.24) is 0 Å². The van der Waals surface area contributed by atoms with E-state index in [1.165, 1.54) is 0 Å². The van der Waals surface area contributed by atoms with Gasteiger partial charge in [0.05, 0.1) is 59.0 Å². The number of ether oxygens (including phenoxy) is 6. The Kier molecular flexibility index (Phi) is 18.6. The number of methoxy groups -OCH3 is 1. The van der Waals surface area contributed by atoms with Crippen LogP contribution in [-0.4, -0.2) is 101 Å². The van der Waals surface area contributed by atoms with Crippen LogP contribution in [0.5, 0.6) is 0 Å². The smallest absolute Gasteiger partial charge is 0.321 e. The molecule has 0 amide bonds. The number of aliphatic carboxylic acids is 2. The van der Waals surface area contributed by atoms with Crippen LogP contribution in [-0.2, 0) is 38.0 Å². The number of rotatable bonds is 23. The van der Waals surface area contributed by atoms with E-state index in [2.05, 4.69) is 13.8 Å². The molecule has 0 spiro atoms. The van der Waals surface area contributed by atoms with Gasteiger partial charge in [0, 0.05) is 20.3 Å². The highest BCUT2D eigenvalue weighted by atomic mass is 16.5. The van der Waals surface area contributed by atoms with Crippen molar-refractivity contribution in [3.63, 3.8) is 0 Å². The van der Waals surface area contributed by atoms with Crippen LogP contribution in [0.25, 0.3) is 0 Å². The van der Waals surface area contributed by atoms with Gasteiger partial charge in [-0.3, -0.25) is 9.59 Å². The quantitative estimate of drug-likeness (QED) is 0.175. The molecule has 0 bridgehead atoms. The van der Waals surface area contributed by atoms with Crippen molar-refractivity contribution in [2.24, 2.45) is 5.41 Å². The number of hydrogen-bond acceptors (Lipinski definition) is 8. The van der Waals surface area contributed by atoms with Crippen molar-refractivity contribution >= 4 is 11.9 Å². The van der Waals surface area contributed by atoms with Crippen LogP contribution in [0.2, 0.25) is 0 Å². The van der Waals surface area contributed by atoms with Crippen LogP contribution in [0.3, 0.4) is 0 Å². The molecule has 0 atom stereocenters. The summed E-state index contributed by atoms with van der Waals surface area (Å²) in [6, 6.07) is 0. The molecule has 0 aliphatic heterocycles. The van der Waals surface area contributed by atoms with E-state index in [-0.39, 0.29) is 45.4 Å². The third-order valence-electron chi connectivity index (χ3n) is 4.83. The second kappa shape index (κ2) is 19.4. The van der Waals surface area contributed by atoms with E-state index >= 15 is 0 Å². The van der Waals surface area contributed by atoms with Gasteiger partial charge in [0.15, 0.2) is 5.41 Å². The van der Waals surface area contributed by atoms with Gasteiger partial charge >= 0.3 is 11.9 Å². The largest absolute Gasteiger partial charge is 0.480 e. The highest BCUT2D eigenvalue weighted by Gasteiger charge is 2.45. The van der Waals surface area contributed by atoms with Crippen LogP contribution in [0.4, 0.5) is 0 Å². The van der Waals surface area contributed by atoms with Crippen LogP contribution < -0.4 is 0 Å². The summed E-state index contributed by atoms with van der Waals surface area (Å²) in [7, 11) is 1.57. The molecule has 31 heavy (non-hydrogen) atoms. The van der Waals surface area contributed by atoms with Gasteiger partial charge in [-0.15, -0.1) is 0 Å². The van der Waals surface area contributed by atoms with Gasteiger partial charge in [-0.2, -0.15) is 0 Å². The number of carbonyl (C=O) groups is 2. The summed E-state index contributed by atoms with van der Waals surface area (Å²) in [4.78, 5) is 23.3. The maximum absolute atomic E-state index is 11.7. The Morgan fingerprint density at radius 2 is 1.06 bits per heavy atom. The zero-order valence-electron chi connectivity index (χ0n) is 19.1. The Morgan fingerprint density at radius 1 is 0.677 bits per heavy atom. The summed E-state index contributed by atoms with van der Waals surface area (Å²) >= 11 is 0. The molecule has 0 heterocycles. The van der Waals surface area contributed by atoms with E-state index in [1.54, 1.807) is 7.11 Å². The fourth-order valence-electron chi connectivity index (χ4n) is 2.72. The van der Waals surface area contributed by atoms with Crippen molar-refractivity contribution in [2.75, 3.05) is 73.2 Å². The topological polar surface area (TPSA) is 130 Å². The van der Waals surface area contributed by atoms with E-state index in [0.29, 0.717) is 39.6 Å². The number of carboxylic acid groups (broad SMARTS) is 2. The first-order valence-electron chi connectivity index (χ1n) is 10.8. The minimum Gasteiger partial charge on any atom is -0.480 e. The van der Waals surface area contributed by atoms with Gasteiger partial charge in [0.25, 0.3) is 0 Å². The average molecular weight is 453 g/mol. The van der Waals surface area contributed by atoms with E-state index < -0.39 is 17.4 Å². The molecular weight excluding hydrogens is 412 g/mol. The third kappa shape index (κ3) is 13.7. The van der Waals surface area contributed by atoms with Crippen molar-refractivity contribution in [3.8, 4) is 0 Å². The first-order chi connectivity index (χ1) is 14.9. The first kappa shape index (κ1) is 29.7. The lowest BCUT2D eigenvalue weighted by molar-refractivity contribution is -0.168. The highest BCUT2D eigenvalue weighted by Crippen LogP contribution is 2.28. The van der Waals surface area contributed by atoms with Crippen LogP contribution >= 0.6 is 0 Å². The molecule has 0 aliphatic rings. The molecule has 0 unspecified atom stereocenters. The van der Waals surface area contributed by atoms with E-state index in [9.17, 15) is 19.8 Å². The molecule has 0 rings (SSSR count). The molecular formula is C21H40O10. The molecule has 10 nitrogen and oxygen atoms in total. The average Bonchev–Trinajstić information content (AvgIpc) is 2.75. The normalized spacial score (nSPS) is 11.9. The molecule has 0 saturated carbocycles. The molecule has 0 saturated heterocycles. The fourth-order valence-corrected chi connectivity index (χ4v) is 2.72. The summed E-state index contributed by atoms with van der Waals surface area (Å²) in [6.07, 6.45) is 1.84. The van der Waals surface area contributed by atoms with E-state index in [4.69, 9.17) is 28.4 Å². The molecule has 0 aliphatic carbocycles. The van der Waals surface area contributed by atoms with Gasteiger partial charge in [-0.1, -0.05) is 13.8 Å². The molecule has 10 heteroatoms. The van der Waals surface area contributed by atoms with E-state index in [1.807, 2.05) is 0 Å². The Hall–Kier alpha value is -1.30. The molecule has 184 valence electrons. The van der Waals surface area contributed by atoms with Crippen molar-refractivity contribution < 1.29 is 48.2 Å². The van der Waals surface area contributed by atoms with Gasteiger partial charge in [-0.05, 0) is 25.7 Å². The molecule has 0 aromatic rings. The Bertz CT molecular complexity index is 439. The molecule has 2 N–H and O–H groups in total. The summed E-state index contributed by atoms with van der Waals surface area (Å²) < 4.78 is 31.8. The van der Waals surface area contributed by atoms with Gasteiger partial charge < -0.3 is 38.6 Å². The highest BCUT2D eigenvalue weighted by molar-refractivity contribution is 5.98. The maximum atomic E-state index is 11.7. The predicted octanol–water partition coefficient (Wildman–Crippen LogP) is 1.84. The number of hydrogen-bond donors (Lipinski definition) is 2. The molecule has 0 fully saturated rings. The molecule has 0 radical (unpaired) electrons. The van der Waals surface area contributed by atoms with Crippen LogP contribution in [0.1, 0.15) is 39.5 Å².